The van der Waals surface area contributed by atoms with Crippen LogP contribution in [0.2, 0.25) is 0 Å². The molecule has 0 saturated heterocycles. The van der Waals surface area contributed by atoms with Crippen molar-refractivity contribution in [2.75, 3.05) is 13.7 Å². The fraction of sp³-hybridized carbons (Fsp3) is 0.200. The van der Waals surface area contributed by atoms with Crippen molar-refractivity contribution in [2.24, 2.45) is 0 Å². The molecule has 6 heteroatoms. The normalized spacial score (nSPS) is 10.7. The summed E-state index contributed by atoms with van der Waals surface area (Å²) in [7, 11) is 1.61. The molecule has 5 nitrogen and oxygen atoms in total. The number of amides is 1. The fourth-order valence-corrected chi connectivity index (χ4v) is 2.23. The van der Waals surface area contributed by atoms with Gasteiger partial charge in [0.25, 0.3) is 5.91 Å². The summed E-state index contributed by atoms with van der Waals surface area (Å²) in [6.45, 7) is 0.812. The van der Waals surface area contributed by atoms with E-state index in [1.54, 1.807) is 19.2 Å². The Morgan fingerprint density at radius 3 is 2.42 bits per heavy atom. The minimum Gasteiger partial charge on any atom is -0.497 e. The highest BCUT2D eigenvalue weighted by Crippen LogP contribution is 2.11. The Hall–Kier alpha value is -3.33. The molecular formula is C20H20FN3O2. The number of nitrogens with zero attached hydrogens (tertiary/aromatic N) is 1. The Kier molecular flexibility index (Phi) is 7.19. The molecule has 2 N–H and O–H groups in total. The third kappa shape index (κ3) is 5.95. The lowest BCUT2D eigenvalue weighted by atomic mass is 10.1. The molecule has 0 radical (unpaired) electrons. The Morgan fingerprint density at radius 2 is 1.81 bits per heavy atom. The molecule has 0 aliphatic heterocycles. The van der Waals surface area contributed by atoms with Gasteiger partial charge in [-0.05, 0) is 41.8 Å². The van der Waals surface area contributed by atoms with Gasteiger partial charge in [-0.2, -0.15) is 5.26 Å². The Labute approximate surface area is 152 Å². The maximum Gasteiger partial charge on any atom is 0.263 e. The molecule has 0 saturated carbocycles. The lowest BCUT2D eigenvalue weighted by molar-refractivity contribution is -0.117. The quantitative estimate of drug-likeness (QED) is 0.565. The van der Waals surface area contributed by atoms with Gasteiger partial charge in [0.1, 0.15) is 23.2 Å². The molecule has 2 aromatic carbocycles. The molecular weight excluding hydrogens is 333 g/mol. The summed E-state index contributed by atoms with van der Waals surface area (Å²) in [6, 6.07) is 15.4. The van der Waals surface area contributed by atoms with E-state index in [9.17, 15) is 9.18 Å². The zero-order valence-corrected chi connectivity index (χ0v) is 14.5. The van der Waals surface area contributed by atoms with Crippen molar-refractivity contribution >= 4 is 5.91 Å². The smallest absolute Gasteiger partial charge is 0.263 e. The first-order valence-electron chi connectivity index (χ1n) is 8.11. The lowest BCUT2D eigenvalue weighted by Crippen LogP contribution is -2.27. The van der Waals surface area contributed by atoms with Gasteiger partial charge >= 0.3 is 0 Å². The van der Waals surface area contributed by atoms with Crippen molar-refractivity contribution in [3.8, 4) is 11.8 Å². The van der Waals surface area contributed by atoms with Crippen molar-refractivity contribution in [1.82, 2.24) is 10.6 Å². The van der Waals surface area contributed by atoms with Crippen LogP contribution in [0.15, 0.2) is 60.3 Å². The van der Waals surface area contributed by atoms with Gasteiger partial charge in [0, 0.05) is 19.3 Å². The van der Waals surface area contributed by atoms with E-state index in [1.807, 2.05) is 30.3 Å². The van der Waals surface area contributed by atoms with Gasteiger partial charge in [-0.1, -0.05) is 24.3 Å². The highest BCUT2D eigenvalue weighted by Gasteiger charge is 2.08. The van der Waals surface area contributed by atoms with E-state index in [1.165, 1.54) is 18.3 Å². The van der Waals surface area contributed by atoms with Crippen LogP contribution >= 0.6 is 0 Å². The van der Waals surface area contributed by atoms with Gasteiger partial charge in [0.05, 0.1) is 7.11 Å². The average Bonchev–Trinajstić information content (AvgIpc) is 2.67. The predicted molar refractivity (Wildman–Crippen MR) is 96.6 cm³/mol. The van der Waals surface area contributed by atoms with E-state index in [4.69, 9.17) is 10.00 Å². The van der Waals surface area contributed by atoms with Gasteiger partial charge in [0.15, 0.2) is 0 Å². The molecule has 2 aromatic rings. The molecule has 134 valence electrons. The molecule has 26 heavy (non-hydrogen) atoms. The summed E-state index contributed by atoms with van der Waals surface area (Å²) in [5.41, 5.74) is 1.89. The van der Waals surface area contributed by atoms with Gasteiger partial charge in [-0.15, -0.1) is 0 Å². The second-order valence-electron chi connectivity index (χ2n) is 5.53. The van der Waals surface area contributed by atoms with E-state index >= 15 is 0 Å². The number of ether oxygens (including phenoxy) is 1. The molecule has 0 unspecified atom stereocenters. The van der Waals surface area contributed by atoms with Gasteiger partial charge in [0.2, 0.25) is 0 Å². The molecule has 0 atom stereocenters. The van der Waals surface area contributed by atoms with Crippen molar-refractivity contribution < 1.29 is 13.9 Å². The fourth-order valence-electron chi connectivity index (χ4n) is 2.23. The lowest BCUT2D eigenvalue weighted by Gasteiger charge is -2.06. The van der Waals surface area contributed by atoms with Crippen LogP contribution in [0.1, 0.15) is 11.1 Å². The summed E-state index contributed by atoms with van der Waals surface area (Å²) < 4.78 is 17.9. The van der Waals surface area contributed by atoms with Crippen LogP contribution in [0.3, 0.4) is 0 Å². The van der Waals surface area contributed by atoms with Crippen molar-refractivity contribution in [3.05, 3.63) is 77.2 Å². The number of carbonyl (C=O) groups excluding carboxylic acids is 1. The largest absolute Gasteiger partial charge is 0.497 e. The van der Waals surface area contributed by atoms with Crippen molar-refractivity contribution in [1.29, 1.82) is 5.26 Å². The zero-order chi connectivity index (χ0) is 18.8. The van der Waals surface area contributed by atoms with Crippen LogP contribution in [0.25, 0.3) is 0 Å². The van der Waals surface area contributed by atoms with Crippen LogP contribution in [0.5, 0.6) is 5.75 Å². The Balaban J connectivity index is 1.79. The number of nitriles is 1. The number of carbonyl (C=O) groups is 1. The Morgan fingerprint density at radius 1 is 1.15 bits per heavy atom. The van der Waals surface area contributed by atoms with Crippen molar-refractivity contribution in [2.45, 2.75) is 13.0 Å². The number of hydrogen-bond donors (Lipinski definition) is 2. The number of benzene rings is 2. The Bertz CT molecular complexity index is 793. The van der Waals surface area contributed by atoms with Gasteiger partial charge in [-0.25, -0.2) is 4.39 Å². The molecule has 0 aliphatic rings. The minimum absolute atomic E-state index is 0.0122. The third-order valence-corrected chi connectivity index (χ3v) is 3.69. The van der Waals surface area contributed by atoms with Crippen molar-refractivity contribution in [3.63, 3.8) is 0 Å². The third-order valence-electron chi connectivity index (χ3n) is 3.69. The van der Waals surface area contributed by atoms with E-state index < -0.39 is 5.91 Å². The summed E-state index contributed by atoms with van der Waals surface area (Å²) in [6.07, 6.45) is 2.02. The molecule has 0 spiro atoms. The predicted octanol–water partition coefficient (Wildman–Crippen LogP) is 2.69. The minimum atomic E-state index is -0.437. The monoisotopic (exact) mass is 353 g/mol. The molecule has 0 aliphatic carbocycles. The maximum absolute atomic E-state index is 12.8. The summed E-state index contributed by atoms with van der Waals surface area (Å²) in [5, 5.41) is 14.7. The SMILES string of the molecule is COc1ccc(CCNC(=O)/C(C#N)=C\NCc2ccc(F)cc2)cc1. The van der Waals surface area contributed by atoms with E-state index in [0.29, 0.717) is 19.5 Å². The first-order chi connectivity index (χ1) is 12.6. The molecule has 0 bridgehead atoms. The molecule has 0 aromatic heterocycles. The van der Waals surface area contributed by atoms with Crippen LogP contribution < -0.4 is 15.4 Å². The average molecular weight is 353 g/mol. The van der Waals surface area contributed by atoms with Crippen LogP contribution in [-0.4, -0.2) is 19.6 Å². The zero-order valence-electron chi connectivity index (χ0n) is 14.5. The molecule has 0 heterocycles. The van der Waals surface area contributed by atoms with Crippen LogP contribution in [-0.2, 0) is 17.8 Å². The number of nitrogens with one attached hydrogen (secondary N) is 2. The number of halogens is 1. The molecule has 1 amide bonds. The highest BCUT2D eigenvalue weighted by molar-refractivity contribution is 5.97. The van der Waals surface area contributed by atoms with E-state index in [2.05, 4.69) is 10.6 Å². The molecule has 2 rings (SSSR count). The van der Waals surface area contributed by atoms with E-state index in [0.717, 1.165) is 16.9 Å². The summed E-state index contributed by atoms with van der Waals surface area (Å²) in [4.78, 5) is 12.0. The van der Waals surface area contributed by atoms with Crippen LogP contribution in [0, 0.1) is 17.1 Å². The standard InChI is InChI=1S/C20H20FN3O2/c1-26-19-8-4-15(5-9-19)10-11-24-20(25)17(12-22)14-23-13-16-2-6-18(21)7-3-16/h2-9,14,23H,10-11,13H2,1H3,(H,24,25)/b17-14-. The first kappa shape index (κ1) is 19.0. The maximum atomic E-state index is 12.8. The van der Waals surface area contributed by atoms with Gasteiger partial charge < -0.3 is 15.4 Å². The topological polar surface area (TPSA) is 74.1 Å². The second kappa shape index (κ2) is 9.84. The number of methoxy groups -OCH3 is 1. The summed E-state index contributed by atoms with van der Waals surface area (Å²) in [5.74, 6) is 0.0329. The van der Waals surface area contributed by atoms with E-state index in [-0.39, 0.29) is 11.4 Å². The highest BCUT2D eigenvalue weighted by atomic mass is 19.1. The number of hydrogen-bond acceptors (Lipinski definition) is 4. The second-order valence-corrected chi connectivity index (χ2v) is 5.53. The van der Waals surface area contributed by atoms with Gasteiger partial charge in [-0.3, -0.25) is 4.79 Å². The summed E-state index contributed by atoms with van der Waals surface area (Å²) >= 11 is 0. The van der Waals surface area contributed by atoms with Crippen LogP contribution in [0.4, 0.5) is 4.39 Å². The molecule has 0 fully saturated rings. The number of rotatable bonds is 8. The first-order valence-corrected chi connectivity index (χ1v) is 8.11.